The van der Waals surface area contributed by atoms with Crippen LogP contribution in [0.25, 0.3) is 11.0 Å². The third-order valence-electron chi connectivity index (χ3n) is 6.05. The maximum absolute atomic E-state index is 13.5. The number of benzene rings is 3. The highest BCUT2D eigenvalue weighted by Gasteiger charge is 2.45. The number of nitrogens with one attached hydrogen (secondary N) is 1. The summed E-state index contributed by atoms with van der Waals surface area (Å²) < 4.78 is 27.9. The molecule has 178 valence electrons. The second kappa shape index (κ2) is 9.06. The van der Waals surface area contributed by atoms with E-state index in [2.05, 4.69) is 5.32 Å². The number of rotatable bonds is 6. The molecule has 0 aliphatic carbocycles. The number of ether oxygens (including phenoxy) is 4. The van der Waals surface area contributed by atoms with Crippen LogP contribution in [0.5, 0.6) is 23.0 Å². The Balaban J connectivity index is 1.64. The van der Waals surface area contributed by atoms with Crippen molar-refractivity contribution in [2.45, 2.75) is 12.0 Å². The SMILES string of the molecule is COc1ccc(NC(=O)[C@@H]2Oc3c(c(=O)oc4ccccc34)[C@H]2c2ccc(OC)cc2OC)cc1. The summed E-state index contributed by atoms with van der Waals surface area (Å²) in [6.45, 7) is 0. The summed E-state index contributed by atoms with van der Waals surface area (Å²) in [7, 11) is 4.64. The van der Waals surface area contributed by atoms with E-state index < -0.39 is 23.6 Å². The number of fused-ring (bicyclic) bond motifs is 3. The molecule has 0 saturated carbocycles. The predicted octanol–water partition coefficient (Wildman–Crippen LogP) is 4.35. The lowest BCUT2D eigenvalue weighted by Gasteiger charge is -2.21. The average Bonchev–Trinajstić information content (AvgIpc) is 3.30. The monoisotopic (exact) mass is 473 g/mol. The number of amides is 1. The molecule has 1 aliphatic rings. The van der Waals surface area contributed by atoms with Gasteiger partial charge in [-0.05, 0) is 42.5 Å². The molecule has 0 radical (unpaired) electrons. The van der Waals surface area contributed by atoms with Crippen LogP contribution in [0.3, 0.4) is 0 Å². The van der Waals surface area contributed by atoms with Gasteiger partial charge in [0.25, 0.3) is 5.91 Å². The maximum Gasteiger partial charge on any atom is 0.344 e. The van der Waals surface area contributed by atoms with E-state index in [4.69, 9.17) is 23.4 Å². The number of carbonyl (C=O) groups excluding carboxylic acids is 1. The molecule has 8 nitrogen and oxygen atoms in total. The second-order valence-electron chi connectivity index (χ2n) is 7.97. The van der Waals surface area contributed by atoms with Crippen LogP contribution in [0.1, 0.15) is 17.0 Å². The maximum atomic E-state index is 13.5. The van der Waals surface area contributed by atoms with Crippen LogP contribution in [0.15, 0.2) is 75.9 Å². The molecule has 1 aliphatic heterocycles. The van der Waals surface area contributed by atoms with E-state index in [1.54, 1.807) is 74.9 Å². The first-order valence-electron chi connectivity index (χ1n) is 10.9. The van der Waals surface area contributed by atoms with Crippen LogP contribution >= 0.6 is 0 Å². The van der Waals surface area contributed by atoms with Crippen molar-refractivity contribution in [3.63, 3.8) is 0 Å². The van der Waals surface area contributed by atoms with Crippen molar-refractivity contribution >= 4 is 22.6 Å². The summed E-state index contributed by atoms with van der Waals surface area (Å²) in [6.07, 6.45) is -1.05. The van der Waals surface area contributed by atoms with Crippen LogP contribution in [-0.2, 0) is 4.79 Å². The number of carbonyl (C=O) groups is 1. The highest BCUT2D eigenvalue weighted by molar-refractivity contribution is 5.98. The van der Waals surface area contributed by atoms with Crippen molar-refractivity contribution < 1.29 is 28.2 Å². The molecular formula is C27H23NO7. The molecule has 1 N–H and O–H groups in total. The van der Waals surface area contributed by atoms with E-state index in [0.717, 1.165) is 0 Å². The number of hydrogen-bond donors (Lipinski definition) is 1. The molecule has 1 aromatic heterocycles. The number of hydrogen-bond acceptors (Lipinski definition) is 7. The van der Waals surface area contributed by atoms with E-state index in [0.29, 0.717) is 45.2 Å². The molecule has 0 fully saturated rings. The summed E-state index contributed by atoms with van der Waals surface area (Å²) in [4.78, 5) is 26.7. The lowest BCUT2D eigenvalue weighted by atomic mass is 9.87. The summed E-state index contributed by atoms with van der Waals surface area (Å²) in [5.41, 5.74) is 1.24. The van der Waals surface area contributed by atoms with Crippen molar-refractivity contribution in [3.8, 4) is 23.0 Å². The minimum atomic E-state index is -1.05. The Kier molecular flexibility index (Phi) is 5.78. The van der Waals surface area contributed by atoms with E-state index in [-0.39, 0.29) is 5.56 Å². The highest BCUT2D eigenvalue weighted by atomic mass is 16.5. The van der Waals surface area contributed by atoms with Crippen molar-refractivity contribution in [2.75, 3.05) is 26.6 Å². The van der Waals surface area contributed by atoms with E-state index in [9.17, 15) is 9.59 Å². The van der Waals surface area contributed by atoms with Crippen LogP contribution in [0, 0.1) is 0 Å². The van der Waals surface area contributed by atoms with Crippen LogP contribution < -0.4 is 29.9 Å². The molecule has 1 amide bonds. The summed E-state index contributed by atoms with van der Waals surface area (Å²) >= 11 is 0. The Morgan fingerprint density at radius 2 is 1.60 bits per heavy atom. The van der Waals surface area contributed by atoms with Gasteiger partial charge in [0, 0.05) is 17.3 Å². The Morgan fingerprint density at radius 3 is 2.31 bits per heavy atom. The number of methoxy groups -OCH3 is 3. The zero-order chi connectivity index (χ0) is 24.5. The molecule has 0 unspecified atom stereocenters. The van der Waals surface area contributed by atoms with Gasteiger partial charge >= 0.3 is 5.63 Å². The Morgan fingerprint density at radius 1 is 0.886 bits per heavy atom. The first-order chi connectivity index (χ1) is 17.0. The molecule has 0 spiro atoms. The summed E-state index contributed by atoms with van der Waals surface area (Å²) in [5, 5.41) is 3.49. The van der Waals surface area contributed by atoms with Crippen molar-refractivity contribution in [1.29, 1.82) is 0 Å². The molecule has 8 heteroatoms. The standard InChI is InChI=1S/C27H23NO7/c1-31-16-10-8-15(9-11-16)28-26(29)25-22(18-13-12-17(32-2)14-21(18)33-3)23-24(35-25)19-6-4-5-7-20(19)34-27(23)30/h4-14,22,25H,1-3H3,(H,28,29)/t22-,25-/m1/s1. The minimum Gasteiger partial charge on any atom is -0.497 e. The summed E-state index contributed by atoms with van der Waals surface area (Å²) in [5.74, 6) is 0.838. The molecule has 0 saturated heterocycles. The van der Waals surface area contributed by atoms with Crippen LogP contribution in [0.2, 0.25) is 0 Å². The Bertz CT molecular complexity index is 1460. The Hall–Kier alpha value is -4.46. The van der Waals surface area contributed by atoms with Gasteiger partial charge < -0.3 is 28.7 Å². The lowest BCUT2D eigenvalue weighted by Crippen LogP contribution is -2.35. The van der Waals surface area contributed by atoms with E-state index in [1.807, 2.05) is 6.07 Å². The van der Waals surface area contributed by atoms with Crippen LogP contribution in [-0.4, -0.2) is 33.3 Å². The normalized spacial score (nSPS) is 16.3. The van der Waals surface area contributed by atoms with Gasteiger partial charge in [-0.1, -0.05) is 18.2 Å². The lowest BCUT2D eigenvalue weighted by molar-refractivity contribution is -0.122. The number of anilines is 1. The molecular weight excluding hydrogens is 450 g/mol. The summed E-state index contributed by atoms with van der Waals surface area (Å²) in [6, 6.07) is 19.2. The van der Waals surface area contributed by atoms with Gasteiger partial charge in [-0.25, -0.2) is 4.79 Å². The zero-order valence-corrected chi connectivity index (χ0v) is 19.4. The fraction of sp³-hybridized carbons (Fsp3) is 0.185. The molecule has 2 atom stereocenters. The van der Waals surface area contributed by atoms with Gasteiger partial charge in [0.1, 0.15) is 28.6 Å². The zero-order valence-electron chi connectivity index (χ0n) is 19.4. The number of para-hydroxylation sites is 1. The van der Waals surface area contributed by atoms with E-state index >= 15 is 0 Å². The molecule has 4 aromatic rings. The quantitative estimate of drug-likeness (QED) is 0.416. The molecule has 3 aromatic carbocycles. The van der Waals surface area contributed by atoms with Crippen molar-refractivity contribution in [1.82, 2.24) is 0 Å². The smallest absolute Gasteiger partial charge is 0.344 e. The first-order valence-corrected chi connectivity index (χ1v) is 10.9. The van der Waals surface area contributed by atoms with Gasteiger partial charge in [-0.2, -0.15) is 0 Å². The van der Waals surface area contributed by atoms with Gasteiger partial charge in [0.15, 0.2) is 6.10 Å². The predicted molar refractivity (Wildman–Crippen MR) is 130 cm³/mol. The highest BCUT2D eigenvalue weighted by Crippen LogP contribution is 2.47. The fourth-order valence-corrected chi connectivity index (χ4v) is 4.36. The second-order valence-corrected chi connectivity index (χ2v) is 7.97. The topological polar surface area (TPSA) is 96.2 Å². The average molecular weight is 473 g/mol. The Labute approximate surface area is 201 Å². The van der Waals surface area contributed by atoms with Crippen molar-refractivity contribution in [3.05, 3.63) is 88.3 Å². The van der Waals surface area contributed by atoms with Gasteiger partial charge in [-0.3, -0.25) is 4.79 Å². The van der Waals surface area contributed by atoms with Gasteiger partial charge in [0.2, 0.25) is 0 Å². The third kappa shape index (κ3) is 3.93. The van der Waals surface area contributed by atoms with E-state index in [1.165, 1.54) is 7.11 Å². The van der Waals surface area contributed by atoms with Gasteiger partial charge in [-0.15, -0.1) is 0 Å². The minimum absolute atomic E-state index is 0.266. The van der Waals surface area contributed by atoms with Crippen LogP contribution in [0.4, 0.5) is 5.69 Å². The first kappa shape index (κ1) is 22.3. The molecule has 5 rings (SSSR count). The van der Waals surface area contributed by atoms with Gasteiger partial charge in [0.05, 0.1) is 38.2 Å². The molecule has 2 heterocycles. The largest absolute Gasteiger partial charge is 0.497 e. The molecule has 35 heavy (non-hydrogen) atoms. The fourth-order valence-electron chi connectivity index (χ4n) is 4.36. The molecule has 0 bridgehead atoms. The third-order valence-corrected chi connectivity index (χ3v) is 6.05. The van der Waals surface area contributed by atoms with Crippen molar-refractivity contribution in [2.24, 2.45) is 0 Å².